The summed E-state index contributed by atoms with van der Waals surface area (Å²) in [6.45, 7) is 10.1. The lowest BCUT2D eigenvalue weighted by Gasteiger charge is -2.32. The standard InChI is InChI=1S/C13H18BN3O2/c1-9-7-17-8-10(15-6-11(17)16-9)14-18-12(2,3)13(4,5)19-14/h6-8H,1-5H3. The van der Waals surface area contributed by atoms with Gasteiger partial charge in [-0.3, -0.25) is 4.98 Å². The van der Waals surface area contributed by atoms with E-state index >= 15 is 0 Å². The first kappa shape index (κ1) is 12.6. The van der Waals surface area contributed by atoms with Gasteiger partial charge in [-0.05, 0) is 34.6 Å². The van der Waals surface area contributed by atoms with Gasteiger partial charge in [-0.25, -0.2) is 4.98 Å². The maximum absolute atomic E-state index is 5.99. The summed E-state index contributed by atoms with van der Waals surface area (Å²) < 4.78 is 13.9. The normalized spacial score (nSPS) is 21.2. The first-order chi connectivity index (χ1) is 8.78. The lowest BCUT2D eigenvalue weighted by molar-refractivity contribution is 0.00578. The van der Waals surface area contributed by atoms with E-state index in [1.807, 2.05) is 51.4 Å². The molecule has 0 N–H and O–H groups in total. The summed E-state index contributed by atoms with van der Waals surface area (Å²) in [5.74, 6) is 0. The lowest BCUT2D eigenvalue weighted by Crippen LogP contribution is -2.41. The number of aryl methyl sites for hydroxylation is 1. The zero-order valence-electron chi connectivity index (χ0n) is 12.0. The molecule has 0 aromatic carbocycles. The van der Waals surface area contributed by atoms with E-state index in [0.29, 0.717) is 0 Å². The molecule has 19 heavy (non-hydrogen) atoms. The molecule has 0 saturated carbocycles. The molecule has 5 nitrogen and oxygen atoms in total. The molecule has 1 aliphatic rings. The number of aromatic nitrogens is 3. The van der Waals surface area contributed by atoms with E-state index in [1.165, 1.54) is 0 Å². The highest BCUT2D eigenvalue weighted by molar-refractivity contribution is 6.61. The fourth-order valence-electron chi connectivity index (χ4n) is 2.13. The van der Waals surface area contributed by atoms with Gasteiger partial charge in [-0.15, -0.1) is 0 Å². The van der Waals surface area contributed by atoms with Crippen molar-refractivity contribution in [2.45, 2.75) is 45.8 Å². The first-order valence-corrected chi connectivity index (χ1v) is 6.45. The van der Waals surface area contributed by atoms with Crippen LogP contribution in [-0.4, -0.2) is 32.7 Å². The summed E-state index contributed by atoms with van der Waals surface area (Å²) in [4.78, 5) is 8.76. The molecule has 3 rings (SSSR count). The molecular formula is C13H18BN3O2. The van der Waals surface area contributed by atoms with Crippen LogP contribution in [-0.2, 0) is 9.31 Å². The molecule has 1 aliphatic heterocycles. The molecule has 0 aliphatic carbocycles. The minimum absolute atomic E-state index is 0.348. The minimum Gasteiger partial charge on any atom is -0.398 e. The zero-order chi connectivity index (χ0) is 13.8. The number of fused-ring (bicyclic) bond motifs is 1. The van der Waals surface area contributed by atoms with Gasteiger partial charge in [0.2, 0.25) is 0 Å². The van der Waals surface area contributed by atoms with Crippen LogP contribution < -0.4 is 5.59 Å². The molecule has 0 radical (unpaired) electrons. The van der Waals surface area contributed by atoms with Crippen molar-refractivity contribution < 1.29 is 9.31 Å². The van der Waals surface area contributed by atoms with Crippen molar-refractivity contribution in [3.63, 3.8) is 0 Å². The SMILES string of the molecule is Cc1cn2cc(B3OC(C)(C)C(C)(C)O3)ncc2n1. The smallest absolute Gasteiger partial charge is 0.398 e. The highest BCUT2D eigenvalue weighted by Gasteiger charge is 2.52. The van der Waals surface area contributed by atoms with E-state index in [4.69, 9.17) is 9.31 Å². The van der Waals surface area contributed by atoms with E-state index in [9.17, 15) is 0 Å². The van der Waals surface area contributed by atoms with Crippen LogP contribution in [0.25, 0.3) is 5.65 Å². The van der Waals surface area contributed by atoms with E-state index in [2.05, 4.69) is 9.97 Å². The van der Waals surface area contributed by atoms with E-state index in [1.54, 1.807) is 6.20 Å². The second kappa shape index (κ2) is 3.80. The topological polar surface area (TPSA) is 48.7 Å². The quantitative estimate of drug-likeness (QED) is 0.725. The number of hydrogen-bond donors (Lipinski definition) is 0. The summed E-state index contributed by atoms with van der Waals surface area (Å²) >= 11 is 0. The van der Waals surface area contributed by atoms with Crippen LogP contribution in [0.3, 0.4) is 0 Å². The minimum atomic E-state index is -0.433. The van der Waals surface area contributed by atoms with Crippen molar-refractivity contribution in [1.82, 2.24) is 14.4 Å². The third kappa shape index (κ3) is 1.95. The molecule has 0 atom stereocenters. The van der Waals surface area contributed by atoms with Gasteiger partial charge in [0.1, 0.15) is 0 Å². The fraction of sp³-hybridized carbons (Fsp3) is 0.538. The van der Waals surface area contributed by atoms with Crippen LogP contribution in [0.1, 0.15) is 33.4 Å². The van der Waals surface area contributed by atoms with Gasteiger partial charge < -0.3 is 13.7 Å². The third-order valence-electron chi connectivity index (χ3n) is 3.98. The molecule has 1 fully saturated rings. The Morgan fingerprint density at radius 2 is 1.74 bits per heavy atom. The molecule has 0 bridgehead atoms. The van der Waals surface area contributed by atoms with Crippen molar-refractivity contribution >= 4 is 18.4 Å². The average Bonchev–Trinajstić information content (AvgIpc) is 2.74. The van der Waals surface area contributed by atoms with Crippen LogP contribution in [0.15, 0.2) is 18.6 Å². The molecular weight excluding hydrogens is 241 g/mol. The Bertz CT molecular complexity index is 620. The molecule has 3 heterocycles. The molecule has 1 saturated heterocycles. The van der Waals surface area contributed by atoms with Gasteiger partial charge >= 0.3 is 7.12 Å². The van der Waals surface area contributed by atoms with E-state index in [-0.39, 0.29) is 11.2 Å². The van der Waals surface area contributed by atoms with Gasteiger partial charge in [-0.2, -0.15) is 0 Å². The molecule has 0 unspecified atom stereocenters. The Balaban J connectivity index is 1.97. The number of imidazole rings is 1. The predicted molar refractivity (Wildman–Crippen MR) is 73.4 cm³/mol. The number of hydrogen-bond acceptors (Lipinski definition) is 4. The van der Waals surface area contributed by atoms with Gasteiger partial charge in [0.05, 0.1) is 28.7 Å². The third-order valence-corrected chi connectivity index (χ3v) is 3.98. The Labute approximate surface area is 113 Å². The number of rotatable bonds is 1. The van der Waals surface area contributed by atoms with Crippen LogP contribution >= 0.6 is 0 Å². The molecule has 6 heteroatoms. The van der Waals surface area contributed by atoms with Crippen LogP contribution in [0.2, 0.25) is 0 Å². The fourth-order valence-corrected chi connectivity index (χ4v) is 2.13. The molecule has 0 spiro atoms. The van der Waals surface area contributed by atoms with Gasteiger partial charge in [0.15, 0.2) is 5.65 Å². The van der Waals surface area contributed by atoms with Crippen LogP contribution in [0, 0.1) is 6.92 Å². The van der Waals surface area contributed by atoms with E-state index in [0.717, 1.165) is 16.9 Å². The largest absolute Gasteiger partial charge is 0.516 e. The summed E-state index contributed by atoms with van der Waals surface area (Å²) in [5.41, 5.74) is 1.87. The predicted octanol–water partition coefficient (Wildman–Crippen LogP) is 1.34. The summed E-state index contributed by atoms with van der Waals surface area (Å²) in [6.07, 6.45) is 5.62. The summed E-state index contributed by atoms with van der Waals surface area (Å²) in [6, 6.07) is 0. The average molecular weight is 259 g/mol. The zero-order valence-corrected chi connectivity index (χ0v) is 12.0. The second-order valence-electron chi connectivity index (χ2n) is 6.05. The molecule has 2 aromatic heterocycles. The molecule has 0 amide bonds. The first-order valence-electron chi connectivity index (χ1n) is 6.45. The summed E-state index contributed by atoms with van der Waals surface area (Å²) in [5, 5.41) is 0. The highest BCUT2D eigenvalue weighted by Crippen LogP contribution is 2.36. The van der Waals surface area contributed by atoms with Crippen molar-refractivity contribution in [2.24, 2.45) is 0 Å². The Morgan fingerprint density at radius 1 is 1.11 bits per heavy atom. The monoisotopic (exact) mass is 259 g/mol. The molecule has 2 aromatic rings. The van der Waals surface area contributed by atoms with Gasteiger partial charge in [0, 0.05) is 12.4 Å². The highest BCUT2D eigenvalue weighted by atomic mass is 16.7. The van der Waals surface area contributed by atoms with Crippen LogP contribution in [0.4, 0.5) is 0 Å². The van der Waals surface area contributed by atoms with Crippen molar-refractivity contribution in [2.75, 3.05) is 0 Å². The Kier molecular flexibility index (Phi) is 2.53. The van der Waals surface area contributed by atoms with E-state index < -0.39 is 7.12 Å². The summed E-state index contributed by atoms with van der Waals surface area (Å²) in [7, 11) is -0.433. The second-order valence-corrected chi connectivity index (χ2v) is 6.05. The maximum atomic E-state index is 5.99. The van der Waals surface area contributed by atoms with Crippen LogP contribution in [0.5, 0.6) is 0 Å². The lowest BCUT2D eigenvalue weighted by atomic mass is 9.85. The van der Waals surface area contributed by atoms with Crippen molar-refractivity contribution in [1.29, 1.82) is 0 Å². The maximum Gasteiger partial charge on any atom is 0.516 e. The Hall–Kier alpha value is -1.40. The van der Waals surface area contributed by atoms with Gasteiger partial charge in [0.25, 0.3) is 0 Å². The van der Waals surface area contributed by atoms with Gasteiger partial charge in [-0.1, -0.05) is 0 Å². The Morgan fingerprint density at radius 3 is 2.37 bits per heavy atom. The molecule has 100 valence electrons. The van der Waals surface area contributed by atoms with Crippen molar-refractivity contribution in [3.8, 4) is 0 Å². The van der Waals surface area contributed by atoms with Crippen molar-refractivity contribution in [3.05, 3.63) is 24.3 Å². The number of nitrogens with zero attached hydrogens (tertiary/aromatic N) is 3.